The number of phenols is 1. The number of aryl methyl sites for hydroxylation is 1. The van der Waals surface area contributed by atoms with Gasteiger partial charge >= 0.3 is 5.97 Å². The van der Waals surface area contributed by atoms with Crippen molar-refractivity contribution in [3.05, 3.63) is 93.0 Å². The van der Waals surface area contributed by atoms with Crippen molar-refractivity contribution < 1.29 is 29.1 Å². The number of aromatic hydroxyl groups is 1. The number of nitrogens with zero attached hydrogens (tertiary/aromatic N) is 1. The number of non-ortho nitro benzene ring substituents is 1. The van der Waals surface area contributed by atoms with Gasteiger partial charge < -0.3 is 14.6 Å². The number of carbonyl (C=O) groups is 2. The van der Waals surface area contributed by atoms with Crippen molar-refractivity contribution in [2.75, 3.05) is 0 Å². The van der Waals surface area contributed by atoms with E-state index in [1.54, 1.807) is 36.4 Å². The van der Waals surface area contributed by atoms with Crippen LogP contribution in [0.15, 0.2) is 60.7 Å². The Morgan fingerprint density at radius 1 is 1.00 bits per heavy atom. The van der Waals surface area contributed by atoms with Gasteiger partial charge in [-0.1, -0.05) is 37.3 Å². The Kier molecular flexibility index (Phi) is 6.80. The van der Waals surface area contributed by atoms with E-state index in [2.05, 4.69) is 6.92 Å². The second-order valence-electron chi connectivity index (χ2n) is 11.9. The summed E-state index contributed by atoms with van der Waals surface area (Å²) in [4.78, 5) is 36.0. The number of phenolic OH excluding ortho intramolecular Hbond substituents is 1. The number of nitro benzene ring substituents is 1. The molecule has 2 fully saturated rings. The molecular formula is C33H33NO7. The zero-order valence-corrected chi connectivity index (χ0v) is 23.2. The SMILES string of the molecule is CC(=O)O[C@@H]1CC[C@@H]2[C@@H]3CCc4cc(Oc5ccc([N+](=O)[O-])cc5C(=O)c5ccccc5)c(O)cc4[C@H]3CC[C@]21C. The summed E-state index contributed by atoms with van der Waals surface area (Å²) < 4.78 is 11.9. The smallest absolute Gasteiger partial charge is 0.302 e. The van der Waals surface area contributed by atoms with E-state index in [0.717, 1.165) is 49.7 Å². The first kappa shape index (κ1) is 27.0. The Morgan fingerprint density at radius 2 is 1.78 bits per heavy atom. The maximum absolute atomic E-state index is 13.3. The molecule has 3 aliphatic rings. The lowest BCUT2D eigenvalue weighted by Crippen LogP contribution is -2.45. The molecule has 0 spiro atoms. The largest absolute Gasteiger partial charge is 0.504 e. The third kappa shape index (κ3) is 4.75. The van der Waals surface area contributed by atoms with Crippen LogP contribution in [0.1, 0.15) is 78.9 Å². The summed E-state index contributed by atoms with van der Waals surface area (Å²) in [5, 5.41) is 22.6. The van der Waals surface area contributed by atoms with Crippen LogP contribution < -0.4 is 4.74 Å². The van der Waals surface area contributed by atoms with E-state index in [0.29, 0.717) is 23.3 Å². The monoisotopic (exact) mass is 555 g/mol. The Balaban J connectivity index is 1.29. The summed E-state index contributed by atoms with van der Waals surface area (Å²) in [6.45, 7) is 3.76. The predicted molar refractivity (Wildman–Crippen MR) is 151 cm³/mol. The molecule has 0 saturated heterocycles. The van der Waals surface area contributed by atoms with Gasteiger partial charge in [-0.05, 0) is 85.6 Å². The Hall–Kier alpha value is -4.20. The summed E-state index contributed by atoms with van der Waals surface area (Å²) in [5.41, 5.74) is 2.43. The number of carbonyl (C=O) groups excluding carboxylic acids is 2. The molecular weight excluding hydrogens is 522 g/mol. The van der Waals surface area contributed by atoms with Crippen LogP contribution in [0.5, 0.6) is 17.2 Å². The van der Waals surface area contributed by atoms with Crippen LogP contribution in [0.25, 0.3) is 0 Å². The number of rotatable bonds is 6. The van der Waals surface area contributed by atoms with Crippen LogP contribution in [0.3, 0.4) is 0 Å². The molecule has 0 amide bonds. The van der Waals surface area contributed by atoms with Crippen molar-refractivity contribution in [3.63, 3.8) is 0 Å². The maximum Gasteiger partial charge on any atom is 0.302 e. The predicted octanol–water partition coefficient (Wildman–Crippen LogP) is 7.11. The van der Waals surface area contributed by atoms with Crippen molar-refractivity contribution in [1.82, 2.24) is 0 Å². The Morgan fingerprint density at radius 3 is 2.51 bits per heavy atom. The minimum Gasteiger partial charge on any atom is -0.504 e. The molecule has 212 valence electrons. The highest BCUT2D eigenvalue weighted by Gasteiger charge is 2.56. The minimum atomic E-state index is -0.549. The normalized spacial score (nSPS) is 26.3. The Bertz CT molecular complexity index is 1530. The zero-order chi connectivity index (χ0) is 28.9. The number of nitro groups is 1. The van der Waals surface area contributed by atoms with Crippen LogP contribution in [0.4, 0.5) is 5.69 Å². The van der Waals surface area contributed by atoms with Crippen LogP contribution in [0, 0.1) is 27.4 Å². The van der Waals surface area contributed by atoms with Crippen molar-refractivity contribution in [3.8, 4) is 17.2 Å². The lowest BCUT2D eigenvalue weighted by atomic mass is 9.55. The topological polar surface area (TPSA) is 116 Å². The van der Waals surface area contributed by atoms with Gasteiger partial charge in [-0.15, -0.1) is 0 Å². The first-order valence-corrected chi connectivity index (χ1v) is 14.2. The quantitative estimate of drug-likeness (QED) is 0.149. The number of esters is 1. The van der Waals surface area contributed by atoms with Gasteiger partial charge in [0.1, 0.15) is 11.9 Å². The molecule has 0 aromatic heterocycles. The summed E-state index contributed by atoms with van der Waals surface area (Å²) in [6.07, 6.45) is 5.65. The van der Waals surface area contributed by atoms with E-state index >= 15 is 0 Å². The van der Waals surface area contributed by atoms with Crippen molar-refractivity contribution in [2.24, 2.45) is 17.3 Å². The van der Waals surface area contributed by atoms with Gasteiger partial charge in [-0.2, -0.15) is 0 Å². The third-order valence-corrected chi connectivity index (χ3v) is 9.70. The van der Waals surface area contributed by atoms with Gasteiger partial charge in [0.25, 0.3) is 5.69 Å². The molecule has 0 radical (unpaired) electrons. The van der Waals surface area contributed by atoms with Crippen LogP contribution in [-0.4, -0.2) is 27.9 Å². The number of hydrogen-bond acceptors (Lipinski definition) is 7. The highest BCUT2D eigenvalue weighted by molar-refractivity contribution is 6.11. The molecule has 5 atom stereocenters. The molecule has 3 aromatic rings. The van der Waals surface area contributed by atoms with Gasteiger partial charge in [-0.25, -0.2) is 0 Å². The van der Waals surface area contributed by atoms with E-state index in [1.807, 2.05) is 6.07 Å². The van der Waals surface area contributed by atoms with E-state index < -0.39 is 10.7 Å². The van der Waals surface area contributed by atoms with Crippen LogP contribution >= 0.6 is 0 Å². The van der Waals surface area contributed by atoms with E-state index in [4.69, 9.17) is 9.47 Å². The molecule has 0 aliphatic heterocycles. The van der Waals surface area contributed by atoms with E-state index in [-0.39, 0.29) is 46.0 Å². The average molecular weight is 556 g/mol. The summed E-state index contributed by atoms with van der Waals surface area (Å²) in [5.74, 6) is 0.937. The lowest BCUT2D eigenvalue weighted by molar-refractivity contribution is -0.384. The molecule has 8 nitrogen and oxygen atoms in total. The van der Waals surface area contributed by atoms with Crippen molar-refractivity contribution >= 4 is 17.4 Å². The van der Waals surface area contributed by atoms with Gasteiger partial charge in [0.15, 0.2) is 17.3 Å². The first-order chi connectivity index (χ1) is 19.7. The van der Waals surface area contributed by atoms with E-state index in [1.165, 1.54) is 25.1 Å². The van der Waals surface area contributed by atoms with Gasteiger partial charge in [0.05, 0.1) is 10.5 Å². The molecule has 1 N–H and O–H groups in total. The number of ketones is 1. The molecule has 6 rings (SSSR count). The molecule has 3 aromatic carbocycles. The minimum absolute atomic E-state index is 0.0208. The molecule has 8 heteroatoms. The number of hydrogen-bond donors (Lipinski definition) is 1. The average Bonchev–Trinajstić information content (AvgIpc) is 3.29. The molecule has 0 unspecified atom stereocenters. The number of ether oxygens (including phenoxy) is 2. The molecule has 0 heterocycles. The first-order valence-electron chi connectivity index (χ1n) is 14.2. The van der Waals surface area contributed by atoms with Gasteiger partial charge in [0.2, 0.25) is 0 Å². The van der Waals surface area contributed by atoms with Crippen LogP contribution in [0.2, 0.25) is 0 Å². The number of fused-ring (bicyclic) bond motifs is 5. The van der Waals surface area contributed by atoms with E-state index in [9.17, 15) is 24.8 Å². The highest BCUT2D eigenvalue weighted by atomic mass is 16.6. The second kappa shape index (κ2) is 10.3. The molecule has 2 saturated carbocycles. The maximum atomic E-state index is 13.3. The number of benzene rings is 3. The highest BCUT2D eigenvalue weighted by Crippen LogP contribution is 2.62. The fourth-order valence-corrected chi connectivity index (χ4v) is 7.78. The van der Waals surface area contributed by atoms with Gasteiger partial charge in [0, 0.05) is 30.0 Å². The summed E-state index contributed by atoms with van der Waals surface area (Å²) >= 11 is 0. The third-order valence-electron chi connectivity index (χ3n) is 9.70. The molecule has 3 aliphatic carbocycles. The van der Waals surface area contributed by atoms with Crippen molar-refractivity contribution in [1.29, 1.82) is 0 Å². The Labute approximate surface area is 238 Å². The fourth-order valence-electron chi connectivity index (χ4n) is 7.78. The molecule has 41 heavy (non-hydrogen) atoms. The van der Waals surface area contributed by atoms with Crippen LogP contribution in [-0.2, 0) is 16.0 Å². The second-order valence-corrected chi connectivity index (χ2v) is 11.9. The summed E-state index contributed by atoms with van der Waals surface area (Å²) in [7, 11) is 0. The fraction of sp³-hybridized carbons (Fsp3) is 0.394. The zero-order valence-electron chi connectivity index (χ0n) is 23.2. The van der Waals surface area contributed by atoms with Gasteiger partial charge in [-0.3, -0.25) is 19.7 Å². The van der Waals surface area contributed by atoms with Crippen molar-refractivity contribution in [2.45, 2.75) is 64.4 Å². The lowest BCUT2D eigenvalue weighted by Gasteiger charge is -2.50. The standard InChI is InChI=1S/C33H33NO7/c1-19(35)40-31-13-11-27-24-10-8-21-16-30(28(36)18-25(21)23(24)14-15-33(27,31)2)41-29-12-9-22(34(38)39)17-26(29)32(37)20-6-4-3-5-7-20/h3-7,9,12,16-18,23-24,27,31,36H,8,10-11,13-15H2,1-2H3/t23-,24+,27+,31+,33+/m0/s1. The molecule has 0 bridgehead atoms. The summed E-state index contributed by atoms with van der Waals surface area (Å²) in [6, 6.07) is 16.1.